The van der Waals surface area contributed by atoms with Gasteiger partial charge in [-0.25, -0.2) is 4.39 Å². The number of carbonyl (C=O) groups is 4. The van der Waals surface area contributed by atoms with Crippen LogP contribution in [0.1, 0.15) is 86.5 Å². The summed E-state index contributed by atoms with van der Waals surface area (Å²) in [7, 11) is 0. The molecule has 0 aromatic carbocycles. The molecule has 40 heavy (non-hydrogen) atoms. The van der Waals surface area contributed by atoms with E-state index in [1.165, 1.54) is 0 Å². The Morgan fingerprint density at radius 1 is 1.02 bits per heavy atom. The number of allylic oxidation sites excluding steroid dienone is 4. The number of hydrazine groups is 1. The van der Waals surface area contributed by atoms with Gasteiger partial charge in [0.1, 0.15) is 6.07 Å². The number of nitrogens with one attached hydrogen (secondary N) is 2. The molecule has 5 rings (SSSR count). The van der Waals surface area contributed by atoms with E-state index in [1.807, 2.05) is 19.1 Å². The number of nitrogens with zero attached hydrogens (tertiary/aromatic N) is 1. The second kappa shape index (κ2) is 9.09. The highest BCUT2D eigenvalue weighted by Crippen LogP contribution is 2.73. The number of carbonyl (C=O) groups excluding carboxylic acids is 4. The maximum absolute atomic E-state index is 14.4. The maximum Gasteiger partial charge on any atom is 0.269 e. The van der Waals surface area contributed by atoms with Crippen molar-refractivity contribution in [1.82, 2.24) is 10.9 Å². The number of fused-ring (bicyclic) bond motifs is 7. The number of rotatable bonds is 2. The molecule has 0 radical (unpaired) electrons. The second-order valence-electron chi connectivity index (χ2n) is 14.7. The number of ketones is 2. The van der Waals surface area contributed by atoms with Gasteiger partial charge < -0.3 is 0 Å². The zero-order chi connectivity index (χ0) is 29.5. The minimum Gasteiger partial charge on any atom is -0.295 e. The minimum atomic E-state index is -1.22. The molecule has 2 amide bonds. The zero-order valence-electron chi connectivity index (χ0n) is 24.6. The molecular formula is C32H42FN3O4. The highest BCUT2D eigenvalue weighted by molar-refractivity contribution is 6.02. The molecule has 8 heteroatoms. The molecular weight excluding hydrogens is 509 g/mol. The normalized spacial score (nSPS) is 43.5. The Kier molecular flexibility index (Phi) is 6.52. The standard InChI is InChI=1S/C32H42FN3O4/c1-18-20-7-8-30(5)23(29(20,4)14-19(17-34)26(18)39)13-22(37)25-21-15-28(2,3)9-11-32(21,12-10-31(25,30)6)27(40)36-35-24(38)16-33/h13-14,18,20-21,25H,7-12,15-16H2,1-6H3,(H,35,38)(H,36,40)/t18-,20-,21-,25-,29-,30+,31+,32-/m0/s1. The lowest BCUT2D eigenvalue weighted by Gasteiger charge is -2.68. The average molecular weight is 552 g/mol. The first-order valence-corrected chi connectivity index (χ1v) is 14.7. The smallest absolute Gasteiger partial charge is 0.269 e. The van der Waals surface area contributed by atoms with E-state index >= 15 is 0 Å². The Bertz CT molecular complexity index is 1300. The fraction of sp³-hybridized carbons (Fsp3) is 0.719. The summed E-state index contributed by atoms with van der Waals surface area (Å²) < 4.78 is 12.8. The third kappa shape index (κ3) is 3.72. The Balaban J connectivity index is 1.62. The third-order valence-corrected chi connectivity index (χ3v) is 12.4. The predicted octanol–water partition coefficient (Wildman–Crippen LogP) is 4.93. The van der Waals surface area contributed by atoms with Crippen LogP contribution in [0.2, 0.25) is 0 Å². The Morgan fingerprint density at radius 3 is 2.35 bits per heavy atom. The third-order valence-electron chi connectivity index (χ3n) is 12.4. The monoisotopic (exact) mass is 551 g/mol. The number of amides is 2. The summed E-state index contributed by atoms with van der Waals surface area (Å²) in [6.07, 6.45) is 8.64. The fourth-order valence-corrected chi connectivity index (χ4v) is 9.93. The van der Waals surface area contributed by atoms with Crippen molar-refractivity contribution < 1.29 is 23.6 Å². The predicted molar refractivity (Wildman–Crippen MR) is 147 cm³/mol. The number of hydrogen-bond donors (Lipinski definition) is 2. The van der Waals surface area contributed by atoms with Gasteiger partial charge in [0.25, 0.3) is 5.91 Å². The lowest BCUT2D eigenvalue weighted by Crippen LogP contribution is -2.66. The van der Waals surface area contributed by atoms with Crippen LogP contribution in [0.5, 0.6) is 0 Å². The van der Waals surface area contributed by atoms with Crippen LogP contribution in [0.4, 0.5) is 4.39 Å². The molecule has 0 bridgehead atoms. The van der Waals surface area contributed by atoms with E-state index in [-0.39, 0.29) is 57.5 Å². The molecule has 216 valence electrons. The van der Waals surface area contributed by atoms with Gasteiger partial charge in [-0.3, -0.25) is 30.0 Å². The summed E-state index contributed by atoms with van der Waals surface area (Å²) >= 11 is 0. The van der Waals surface area contributed by atoms with Crippen molar-refractivity contribution in [1.29, 1.82) is 5.26 Å². The van der Waals surface area contributed by atoms with Crippen molar-refractivity contribution >= 4 is 23.4 Å². The molecule has 0 heterocycles. The second-order valence-corrected chi connectivity index (χ2v) is 14.7. The summed E-state index contributed by atoms with van der Waals surface area (Å²) in [4.78, 5) is 52.7. The van der Waals surface area contributed by atoms with Crippen molar-refractivity contribution in [2.45, 2.75) is 86.5 Å². The average Bonchev–Trinajstić information content (AvgIpc) is 2.90. The summed E-state index contributed by atoms with van der Waals surface area (Å²) in [6, 6.07) is 2.12. The van der Waals surface area contributed by atoms with Gasteiger partial charge in [0.2, 0.25) is 5.91 Å². The molecule has 0 spiro atoms. The highest BCUT2D eigenvalue weighted by atomic mass is 19.1. The molecule has 2 N–H and O–H groups in total. The molecule has 7 nitrogen and oxygen atoms in total. The minimum absolute atomic E-state index is 0.0145. The Morgan fingerprint density at radius 2 is 1.70 bits per heavy atom. The van der Waals surface area contributed by atoms with Gasteiger partial charge in [0.05, 0.1) is 11.0 Å². The van der Waals surface area contributed by atoms with E-state index in [1.54, 1.807) is 0 Å². The summed E-state index contributed by atoms with van der Waals surface area (Å²) in [5.41, 5.74) is 3.64. The number of nitriles is 1. The largest absolute Gasteiger partial charge is 0.295 e. The van der Waals surface area contributed by atoms with E-state index in [4.69, 9.17) is 0 Å². The van der Waals surface area contributed by atoms with Gasteiger partial charge in [0.15, 0.2) is 18.2 Å². The van der Waals surface area contributed by atoms with Gasteiger partial charge in [-0.1, -0.05) is 53.2 Å². The quantitative estimate of drug-likeness (QED) is 0.472. The molecule has 0 saturated heterocycles. The van der Waals surface area contributed by atoms with Crippen molar-refractivity contribution in [3.05, 3.63) is 23.3 Å². The molecule has 0 unspecified atom stereocenters. The number of Topliss-reactive ketones (excluding diaryl/α,β-unsaturated/α-hetero) is 1. The van der Waals surface area contributed by atoms with Crippen LogP contribution < -0.4 is 10.9 Å². The first-order chi connectivity index (χ1) is 18.6. The summed E-state index contributed by atoms with van der Waals surface area (Å²) in [5.74, 6) is -2.23. The van der Waals surface area contributed by atoms with E-state index in [2.05, 4.69) is 51.5 Å². The lowest BCUT2D eigenvalue weighted by molar-refractivity contribution is -0.178. The van der Waals surface area contributed by atoms with E-state index in [0.717, 1.165) is 24.8 Å². The maximum atomic E-state index is 14.4. The van der Waals surface area contributed by atoms with Crippen molar-refractivity contribution in [3.8, 4) is 6.07 Å². The van der Waals surface area contributed by atoms with Gasteiger partial charge in [0, 0.05) is 17.3 Å². The lowest BCUT2D eigenvalue weighted by atomic mass is 9.35. The number of hydrogen-bond acceptors (Lipinski definition) is 5. The molecule has 5 aliphatic rings. The highest BCUT2D eigenvalue weighted by Gasteiger charge is 2.70. The number of alkyl halides is 1. The topological polar surface area (TPSA) is 116 Å². The van der Waals surface area contributed by atoms with E-state index in [0.29, 0.717) is 25.7 Å². The summed E-state index contributed by atoms with van der Waals surface area (Å²) in [5, 5.41) is 9.78. The van der Waals surface area contributed by atoms with Crippen LogP contribution >= 0.6 is 0 Å². The Hall–Kier alpha value is -2.82. The first kappa shape index (κ1) is 28.7. The van der Waals surface area contributed by atoms with Crippen LogP contribution in [-0.4, -0.2) is 30.1 Å². The van der Waals surface area contributed by atoms with E-state index in [9.17, 15) is 28.8 Å². The number of halogens is 1. The van der Waals surface area contributed by atoms with Crippen LogP contribution in [0.25, 0.3) is 0 Å². The molecule has 3 saturated carbocycles. The van der Waals surface area contributed by atoms with Crippen LogP contribution in [-0.2, 0) is 19.2 Å². The van der Waals surface area contributed by atoms with Crippen LogP contribution in [0.15, 0.2) is 23.3 Å². The van der Waals surface area contributed by atoms with Gasteiger partial charge in [-0.2, -0.15) is 5.26 Å². The Labute approximate surface area is 236 Å². The SMILES string of the molecule is C[C@@H]1C(=O)C(C#N)=C[C@]2(C)C3=CC(=O)[C@@H]4[C@@H]5CC(C)(C)CC[C@]5(C(=O)NNC(=O)CF)CC[C@@]4(C)[C@]3(C)CC[C@@H]12. The fourth-order valence-electron chi connectivity index (χ4n) is 9.93. The summed E-state index contributed by atoms with van der Waals surface area (Å²) in [6.45, 7) is 11.6. The molecule has 0 aromatic heterocycles. The van der Waals surface area contributed by atoms with Crippen molar-refractivity contribution in [2.75, 3.05) is 6.67 Å². The molecule has 8 atom stereocenters. The van der Waals surface area contributed by atoms with Gasteiger partial charge >= 0.3 is 0 Å². The van der Waals surface area contributed by atoms with Crippen LogP contribution in [0, 0.1) is 62.1 Å². The van der Waals surface area contributed by atoms with E-state index < -0.39 is 28.8 Å². The van der Waals surface area contributed by atoms with Crippen molar-refractivity contribution in [3.63, 3.8) is 0 Å². The molecule has 3 fully saturated rings. The van der Waals surface area contributed by atoms with Crippen LogP contribution in [0.3, 0.4) is 0 Å². The molecule has 0 aliphatic heterocycles. The molecule has 0 aromatic rings. The molecule has 5 aliphatic carbocycles. The van der Waals surface area contributed by atoms with Gasteiger partial charge in [-0.05, 0) is 79.1 Å². The zero-order valence-corrected chi connectivity index (χ0v) is 24.6. The van der Waals surface area contributed by atoms with Crippen molar-refractivity contribution in [2.24, 2.45) is 50.7 Å². The first-order valence-electron chi connectivity index (χ1n) is 14.7. The van der Waals surface area contributed by atoms with Gasteiger partial charge in [-0.15, -0.1) is 0 Å².